The monoisotopic (exact) mass is 200 g/mol. The lowest BCUT2D eigenvalue weighted by molar-refractivity contribution is 0.134. The summed E-state index contributed by atoms with van der Waals surface area (Å²) < 4.78 is 15.6. The van der Waals surface area contributed by atoms with E-state index < -0.39 is 0 Å². The molecular weight excluding hydrogens is 180 g/mol. The van der Waals surface area contributed by atoms with Gasteiger partial charge in [0, 0.05) is 20.1 Å². The molecular formula is C11H20O3. The van der Waals surface area contributed by atoms with Crippen LogP contribution in [-0.4, -0.2) is 27.4 Å². The van der Waals surface area contributed by atoms with Gasteiger partial charge in [0.05, 0.1) is 13.7 Å². The standard InChI is InChI=1S/C11H20O3/c1-5-10(13-4)11(6-2)14-9-7-8-12-3/h5-6H,7-9H2,1-4H3. The van der Waals surface area contributed by atoms with Crippen molar-refractivity contribution in [2.75, 3.05) is 27.4 Å². The second kappa shape index (κ2) is 8.63. The maximum absolute atomic E-state index is 5.53. The Labute approximate surface area is 86.4 Å². The van der Waals surface area contributed by atoms with E-state index in [0.717, 1.165) is 24.5 Å². The van der Waals surface area contributed by atoms with Gasteiger partial charge in [0.1, 0.15) is 0 Å². The van der Waals surface area contributed by atoms with E-state index in [9.17, 15) is 0 Å². The van der Waals surface area contributed by atoms with Gasteiger partial charge in [-0.05, 0) is 26.0 Å². The van der Waals surface area contributed by atoms with Gasteiger partial charge in [-0.3, -0.25) is 0 Å². The summed E-state index contributed by atoms with van der Waals surface area (Å²) in [4.78, 5) is 0. The Morgan fingerprint density at radius 2 is 1.64 bits per heavy atom. The summed E-state index contributed by atoms with van der Waals surface area (Å²) in [6, 6.07) is 0. The van der Waals surface area contributed by atoms with Gasteiger partial charge in [0.2, 0.25) is 0 Å². The van der Waals surface area contributed by atoms with E-state index in [1.807, 2.05) is 26.0 Å². The lowest BCUT2D eigenvalue weighted by Crippen LogP contribution is -2.02. The van der Waals surface area contributed by atoms with Crippen LogP contribution in [-0.2, 0) is 14.2 Å². The van der Waals surface area contributed by atoms with Gasteiger partial charge < -0.3 is 14.2 Å². The molecule has 0 rings (SSSR count). The van der Waals surface area contributed by atoms with Crippen LogP contribution in [0.15, 0.2) is 23.7 Å². The molecule has 3 heteroatoms. The van der Waals surface area contributed by atoms with Crippen LogP contribution in [0.1, 0.15) is 20.3 Å². The molecule has 0 bridgehead atoms. The zero-order chi connectivity index (χ0) is 10.8. The molecule has 0 aliphatic heterocycles. The van der Waals surface area contributed by atoms with Crippen LogP contribution in [0.4, 0.5) is 0 Å². The average Bonchev–Trinajstić information content (AvgIpc) is 2.23. The smallest absolute Gasteiger partial charge is 0.156 e. The average molecular weight is 200 g/mol. The molecule has 0 N–H and O–H groups in total. The topological polar surface area (TPSA) is 27.7 Å². The summed E-state index contributed by atoms with van der Waals surface area (Å²) in [5.41, 5.74) is 0. The minimum atomic E-state index is 0.647. The molecule has 0 aliphatic carbocycles. The normalized spacial score (nSPS) is 12.9. The molecule has 0 aromatic heterocycles. The van der Waals surface area contributed by atoms with Crippen molar-refractivity contribution in [1.82, 2.24) is 0 Å². The SMILES string of the molecule is CC=C(OC)C(=CC)OCCCOC. The number of hydrogen-bond acceptors (Lipinski definition) is 3. The van der Waals surface area contributed by atoms with E-state index in [2.05, 4.69) is 0 Å². The number of allylic oxidation sites excluding steroid dienone is 2. The molecule has 0 aromatic rings. The first-order chi connectivity index (χ1) is 6.79. The molecule has 0 saturated heterocycles. The number of rotatable bonds is 7. The van der Waals surface area contributed by atoms with E-state index in [0.29, 0.717) is 6.61 Å². The fraction of sp³-hybridized carbons (Fsp3) is 0.636. The quantitative estimate of drug-likeness (QED) is 0.359. The Bertz CT molecular complexity index is 195. The molecule has 0 spiro atoms. The zero-order valence-corrected chi connectivity index (χ0v) is 9.50. The molecule has 0 saturated carbocycles. The third-order valence-electron chi connectivity index (χ3n) is 1.74. The van der Waals surface area contributed by atoms with Crippen LogP contribution in [0.2, 0.25) is 0 Å². The second-order valence-electron chi connectivity index (χ2n) is 2.70. The van der Waals surface area contributed by atoms with Gasteiger partial charge in [-0.1, -0.05) is 0 Å². The largest absolute Gasteiger partial charge is 0.493 e. The fourth-order valence-electron chi connectivity index (χ4n) is 1.04. The lowest BCUT2D eigenvalue weighted by Gasteiger charge is -2.11. The summed E-state index contributed by atoms with van der Waals surface area (Å²) in [6.07, 6.45) is 4.66. The van der Waals surface area contributed by atoms with Gasteiger partial charge in [-0.2, -0.15) is 0 Å². The van der Waals surface area contributed by atoms with Crippen molar-refractivity contribution in [1.29, 1.82) is 0 Å². The minimum absolute atomic E-state index is 0.647. The molecule has 14 heavy (non-hydrogen) atoms. The minimum Gasteiger partial charge on any atom is -0.493 e. The van der Waals surface area contributed by atoms with Gasteiger partial charge in [0.15, 0.2) is 11.5 Å². The van der Waals surface area contributed by atoms with Crippen LogP contribution in [0.3, 0.4) is 0 Å². The summed E-state index contributed by atoms with van der Waals surface area (Å²) in [6.45, 7) is 5.21. The van der Waals surface area contributed by atoms with Crippen molar-refractivity contribution in [3.05, 3.63) is 23.7 Å². The van der Waals surface area contributed by atoms with Gasteiger partial charge >= 0.3 is 0 Å². The van der Waals surface area contributed by atoms with Crippen molar-refractivity contribution in [2.24, 2.45) is 0 Å². The fourth-order valence-corrected chi connectivity index (χ4v) is 1.04. The Morgan fingerprint density at radius 3 is 2.07 bits per heavy atom. The molecule has 0 unspecified atom stereocenters. The molecule has 0 heterocycles. The Morgan fingerprint density at radius 1 is 1.00 bits per heavy atom. The molecule has 0 atom stereocenters. The molecule has 0 amide bonds. The highest BCUT2D eigenvalue weighted by Gasteiger charge is 2.03. The van der Waals surface area contributed by atoms with Crippen LogP contribution in [0.25, 0.3) is 0 Å². The summed E-state index contributed by atoms with van der Waals surface area (Å²) in [5, 5.41) is 0. The molecule has 0 aliphatic rings. The van der Waals surface area contributed by atoms with E-state index >= 15 is 0 Å². The number of hydrogen-bond donors (Lipinski definition) is 0. The lowest BCUT2D eigenvalue weighted by atomic mass is 10.3. The van der Waals surface area contributed by atoms with Crippen molar-refractivity contribution in [3.8, 4) is 0 Å². The van der Waals surface area contributed by atoms with Gasteiger partial charge in [-0.15, -0.1) is 0 Å². The second-order valence-corrected chi connectivity index (χ2v) is 2.70. The first-order valence-corrected chi connectivity index (χ1v) is 4.78. The third-order valence-corrected chi connectivity index (χ3v) is 1.74. The molecule has 3 nitrogen and oxygen atoms in total. The molecule has 0 radical (unpaired) electrons. The first-order valence-electron chi connectivity index (χ1n) is 4.78. The summed E-state index contributed by atoms with van der Waals surface area (Å²) >= 11 is 0. The zero-order valence-electron chi connectivity index (χ0n) is 9.50. The van der Waals surface area contributed by atoms with Gasteiger partial charge in [0.25, 0.3) is 0 Å². The molecule has 0 fully saturated rings. The highest BCUT2D eigenvalue weighted by molar-refractivity contribution is 5.18. The number of methoxy groups -OCH3 is 2. The van der Waals surface area contributed by atoms with E-state index in [4.69, 9.17) is 14.2 Å². The van der Waals surface area contributed by atoms with Crippen molar-refractivity contribution in [2.45, 2.75) is 20.3 Å². The highest BCUT2D eigenvalue weighted by Crippen LogP contribution is 2.12. The molecule has 0 aromatic carbocycles. The summed E-state index contributed by atoms with van der Waals surface area (Å²) in [5.74, 6) is 1.55. The number of ether oxygens (including phenoxy) is 3. The molecule has 82 valence electrons. The van der Waals surface area contributed by atoms with Gasteiger partial charge in [-0.25, -0.2) is 0 Å². The van der Waals surface area contributed by atoms with Crippen molar-refractivity contribution >= 4 is 0 Å². The maximum Gasteiger partial charge on any atom is 0.156 e. The summed E-state index contributed by atoms with van der Waals surface area (Å²) in [7, 11) is 3.32. The van der Waals surface area contributed by atoms with Crippen molar-refractivity contribution in [3.63, 3.8) is 0 Å². The predicted octanol–water partition coefficient (Wildman–Crippen LogP) is 2.49. The van der Waals surface area contributed by atoms with Crippen LogP contribution in [0.5, 0.6) is 0 Å². The van der Waals surface area contributed by atoms with Crippen LogP contribution >= 0.6 is 0 Å². The highest BCUT2D eigenvalue weighted by atomic mass is 16.5. The van der Waals surface area contributed by atoms with Crippen molar-refractivity contribution < 1.29 is 14.2 Å². The van der Waals surface area contributed by atoms with E-state index in [-0.39, 0.29) is 0 Å². The Kier molecular flexibility index (Phi) is 8.04. The predicted molar refractivity (Wildman–Crippen MR) is 57.0 cm³/mol. The third kappa shape index (κ3) is 4.92. The Balaban J connectivity index is 3.92. The first kappa shape index (κ1) is 13.0. The van der Waals surface area contributed by atoms with Crippen LogP contribution in [0, 0.1) is 0 Å². The van der Waals surface area contributed by atoms with Crippen LogP contribution < -0.4 is 0 Å². The van der Waals surface area contributed by atoms with E-state index in [1.165, 1.54) is 0 Å². The van der Waals surface area contributed by atoms with E-state index in [1.54, 1.807) is 14.2 Å². The maximum atomic E-state index is 5.53. The Hall–Kier alpha value is -0.960.